The third kappa shape index (κ3) is 4.17. The Morgan fingerprint density at radius 3 is 2.61 bits per heavy atom. The molecule has 0 saturated heterocycles. The second-order valence-corrected chi connectivity index (χ2v) is 6.95. The molecule has 1 aromatic carbocycles. The second-order valence-electron chi connectivity index (χ2n) is 6.18. The highest BCUT2D eigenvalue weighted by Crippen LogP contribution is 2.26. The van der Waals surface area contributed by atoms with Crippen LogP contribution in [0, 0.1) is 20.8 Å². The van der Waals surface area contributed by atoms with Gasteiger partial charge in [-0.15, -0.1) is 0 Å². The molecular weight excluding hydrogens is 376 g/mol. The number of aromatic nitrogens is 4. The summed E-state index contributed by atoms with van der Waals surface area (Å²) in [6.45, 7) is 7.95. The maximum atomic E-state index is 12.1. The zero-order chi connectivity index (χ0) is 20.3. The van der Waals surface area contributed by atoms with Crippen LogP contribution in [0.4, 0.5) is 0 Å². The third-order valence-electron chi connectivity index (χ3n) is 4.27. The minimum atomic E-state index is -0.406. The van der Waals surface area contributed by atoms with Crippen LogP contribution in [0.5, 0.6) is 11.6 Å². The van der Waals surface area contributed by atoms with Crippen molar-refractivity contribution >= 4 is 17.7 Å². The largest absolute Gasteiger partial charge is 0.462 e. The van der Waals surface area contributed by atoms with Crippen LogP contribution in [-0.2, 0) is 4.74 Å². The van der Waals surface area contributed by atoms with Crippen molar-refractivity contribution in [2.24, 2.45) is 0 Å². The molecule has 3 aromatic rings. The number of carbonyl (C=O) groups is 1. The molecule has 0 aliphatic heterocycles. The number of hydrogen-bond donors (Lipinski definition) is 0. The van der Waals surface area contributed by atoms with Crippen molar-refractivity contribution in [1.82, 2.24) is 19.7 Å². The van der Waals surface area contributed by atoms with Crippen LogP contribution >= 0.6 is 11.8 Å². The molecule has 2 heterocycles. The summed E-state index contributed by atoms with van der Waals surface area (Å²) >= 11 is 1.40. The van der Waals surface area contributed by atoms with E-state index < -0.39 is 5.97 Å². The van der Waals surface area contributed by atoms with Gasteiger partial charge in [0.1, 0.15) is 11.3 Å². The van der Waals surface area contributed by atoms with Crippen molar-refractivity contribution in [3.05, 3.63) is 52.8 Å². The number of thioether (sulfide) groups is 1. The minimum Gasteiger partial charge on any atom is -0.462 e. The fraction of sp³-hybridized carbons (Fsp3) is 0.300. The van der Waals surface area contributed by atoms with Crippen LogP contribution in [0.25, 0.3) is 5.82 Å². The summed E-state index contributed by atoms with van der Waals surface area (Å²) in [5.41, 5.74) is 3.38. The molecule has 2 aromatic heterocycles. The first-order valence-electron chi connectivity index (χ1n) is 8.83. The van der Waals surface area contributed by atoms with Crippen molar-refractivity contribution in [2.45, 2.75) is 32.9 Å². The predicted molar refractivity (Wildman–Crippen MR) is 108 cm³/mol. The number of nitrogens with zero attached hydrogens (tertiary/aromatic N) is 4. The second kappa shape index (κ2) is 8.43. The van der Waals surface area contributed by atoms with Gasteiger partial charge in [-0.1, -0.05) is 17.8 Å². The molecule has 0 radical (unpaired) electrons. The van der Waals surface area contributed by atoms with Crippen LogP contribution in [0.2, 0.25) is 0 Å². The van der Waals surface area contributed by atoms with Gasteiger partial charge in [0.15, 0.2) is 11.0 Å². The van der Waals surface area contributed by atoms with Gasteiger partial charge in [-0.2, -0.15) is 10.1 Å². The summed E-state index contributed by atoms with van der Waals surface area (Å²) in [5.74, 6) is 1.22. The summed E-state index contributed by atoms with van der Waals surface area (Å²) in [4.78, 5) is 21.0. The van der Waals surface area contributed by atoms with Crippen molar-refractivity contribution in [3.63, 3.8) is 0 Å². The van der Waals surface area contributed by atoms with E-state index >= 15 is 0 Å². The van der Waals surface area contributed by atoms with E-state index in [0.717, 1.165) is 5.56 Å². The zero-order valence-electron chi connectivity index (χ0n) is 16.5. The lowest BCUT2D eigenvalue weighted by molar-refractivity contribution is 0.0525. The Labute approximate surface area is 168 Å². The Hall–Kier alpha value is -2.87. The lowest BCUT2D eigenvalue weighted by Crippen LogP contribution is -2.08. The smallest absolute Gasteiger partial charge is 0.341 e. The molecule has 0 fully saturated rings. The molecule has 0 saturated carbocycles. The topological polar surface area (TPSA) is 79.1 Å². The average Bonchev–Trinajstić information content (AvgIpc) is 3.06. The summed E-state index contributed by atoms with van der Waals surface area (Å²) in [6, 6.07) is 7.57. The van der Waals surface area contributed by atoms with E-state index in [2.05, 4.69) is 22.0 Å². The van der Waals surface area contributed by atoms with Gasteiger partial charge in [0.25, 0.3) is 0 Å². The van der Waals surface area contributed by atoms with Gasteiger partial charge in [-0.3, -0.25) is 0 Å². The van der Waals surface area contributed by atoms with Crippen LogP contribution in [-0.4, -0.2) is 38.6 Å². The molecule has 0 N–H and O–H groups in total. The third-order valence-corrected chi connectivity index (χ3v) is 4.82. The maximum Gasteiger partial charge on any atom is 0.341 e. The zero-order valence-corrected chi connectivity index (χ0v) is 17.3. The number of hydrogen-bond acceptors (Lipinski definition) is 7. The summed E-state index contributed by atoms with van der Waals surface area (Å²) < 4.78 is 12.6. The maximum absolute atomic E-state index is 12.1. The molecule has 0 spiro atoms. The van der Waals surface area contributed by atoms with Gasteiger partial charge in [0.2, 0.25) is 5.88 Å². The van der Waals surface area contributed by atoms with Crippen molar-refractivity contribution < 1.29 is 14.3 Å². The molecule has 3 rings (SSSR count). The summed E-state index contributed by atoms with van der Waals surface area (Å²) in [6.07, 6.45) is 3.37. The van der Waals surface area contributed by atoms with E-state index in [1.54, 1.807) is 24.6 Å². The van der Waals surface area contributed by atoms with Gasteiger partial charge < -0.3 is 9.47 Å². The molecule has 0 atom stereocenters. The first-order valence-corrected chi connectivity index (χ1v) is 10.1. The minimum absolute atomic E-state index is 0.307. The number of rotatable bonds is 6. The van der Waals surface area contributed by atoms with Gasteiger partial charge in [-0.25, -0.2) is 14.5 Å². The van der Waals surface area contributed by atoms with Crippen LogP contribution in [0.15, 0.2) is 35.6 Å². The molecule has 0 aliphatic carbocycles. The average molecular weight is 398 g/mol. The van der Waals surface area contributed by atoms with Crippen molar-refractivity contribution in [2.75, 3.05) is 12.9 Å². The highest BCUT2D eigenvalue weighted by molar-refractivity contribution is 7.98. The number of benzene rings is 1. The standard InChI is InChI=1S/C20H22N4O3S/c1-6-26-19(25)16-11-21-24(14(16)4)17-10-18(23-20(22-17)28-5)27-15-8-7-12(2)13(3)9-15/h7-11H,6H2,1-5H3. The van der Waals surface area contributed by atoms with E-state index in [-0.39, 0.29) is 0 Å². The molecule has 8 heteroatoms. The molecule has 146 valence electrons. The first-order chi connectivity index (χ1) is 13.4. The fourth-order valence-electron chi connectivity index (χ4n) is 2.59. The van der Waals surface area contributed by atoms with E-state index in [0.29, 0.717) is 40.5 Å². The highest BCUT2D eigenvalue weighted by Gasteiger charge is 2.18. The normalized spacial score (nSPS) is 10.8. The van der Waals surface area contributed by atoms with E-state index in [1.807, 2.05) is 31.4 Å². The molecule has 28 heavy (non-hydrogen) atoms. The van der Waals surface area contributed by atoms with Crippen LogP contribution in [0.1, 0.15) is 34.1 Å². The monoisotopic (exact) mass is 398 g/mol. The summed E-state index contributed by atoms with van der Waals surface area (Å²) in [7, 11) is 0. The van der Waals surface area contributed by atoms with Gasteiger partial charge in [0.05, 0.1) is 18.5 Å². The lowest BCUT2D eigenvalue weighted by Gasteiger charge is -2.11. The SMILES string of the molecule is CCOC(=O)c1cnn(-c2cc(Oc3ccc(C)c(C)c3)nc(SC)n2)c1C. The molecule has 0 unspecified atom stereocenters. The fourth-order valence-corrected chi connectivity index (χ4v) is 2.96. The van der Waals surface area contributed by atoms with Crippen LogP contribution in [0.3, 0.4) is 0 Å². The predicted octanol–water partition coefficient (Wildman–Crippen LogP) is 4.28. The summed E-state index contributed by atoms with van der Waals surface area (Å²) in [5, 5.41) is 4.84. The number of aryl methyl sites for hydroxylation is 2. The van der Waals surface area contributed by atoms with Crippen LogP contribution < -0.4 is 4.74 Å². The first kappa shape index (κ1) is 19.9. The van der Waals surface area contributed by atoms with Crippen molar-refractivity contribution in [3.8, 4) is 17.4 Å². The molecule has 7 nitrogen and oxygen atoms in total. The van der Waals surface area contributed by atoms with Gasteiger partial charge >= 0.3 is 5.97 Å². The van der Waals surface area contributed by atoms with E-state index in [4.69, 9.17) is 9.47 Å². The van der Waals surface area contributed by atoms with Crippen molar-refractivity contribution in [1.29, 1.82) is 0 Å². The molecule has 0 amide bonds. The molecular formula is C20H22N4O3S. The van der Waals surface area contributed by atoms with Gasteiger partial charge in [-0.05, 0) is 57.2 Å². The number of ether oxygens (including phenoxy) is 2. The lowest BCUT2D eigenvalue weighted by atomic mass is 10.1. The Kier molecular flexibility index (Phi) is 5.99. The quantitative estimate of drug-likeness (QED) is 0.348. The number of esters is 1. The molecule has 0 aliphatic rings. The van der Waals surface area contributed by atoms with Gasteiger partial charge in [0, 0.05) is 6.07 Å². The Morgan fingerprint density at radius 1 is 1.14 bits per heavy atom. The Morgan fingerprint density at radius 2 is 1.93 bits per heavy atom. The highest BCUT2D eigenvalue weighted by atomic mass is 32.2. The molecule has 0 bridgehead atoms. The van der Waals surface area contributed by atoms with E-state index in [1.165, 1.54) is 23.5 Å². The number of carbonyl (C=O) groups excluding carboxylic acids is 1. The Bertz CT molecular complexity index is 1020. The van der Waals surface area contributed by atoms with E-state index in [9.17, 15) is 4.79 Å². The Balaban J connectivity index is 1.97.